The van der Waals surface area contributed by atoms with Crippen molar-refractivity contribution in [1.82, 2.24) is 20.5 Å². The van der Waals surface area contributed by atoms with E-state index < -0.39 is 10.6 Å². The summed E-state index contributed by atoms with van der Waals surface area (Å²) in [6.45, 7) is 0.0759. The number of carbonyl (C=O) groups is 1. The van der Waals surface area contributed by atoms with E-state index in [9.17, 15) is 19.7 Å². The predicted molar refractivity (Wildman–Crippen MR) is 67.9 cm³/mol. The van der Waals surface area contributed by atoms with Gasteiger partial charge in [0, 0.05) is 12.1 Å². The van der Waals surface area contributed by atoms with Gasteiger partial charge in [-0.2, -0.15) is 5.10 Å². The van der Waals surface area contributed by atoms with Crippen molar-refractivity contribution >= 4 is 11.6 Å². The summed E-state index contributed by atoms with van der Waals surface area (Å²) in [7, 11) is 0. The van der Waals surface area contributed by atoms with Crippen LogP contribution >= 0.6 is 0 Å². The molecule has 1 aromatic carbocycles. The van der Waals surface area contributed by atoms with Crippen LogP contribution in [0, 0.1) is 10.1 Å². The Balaban J connectivity index is 1.92. The molecule has 0 radical (unpaired) electrons. The zero-order valence-electron chi connectivity index (χ0n) is 10.3. The van der Waals surface area contributed by atoms with E-state index in [0.29, 0.717) is 11.4 Å². The third-order valence-electron chi connectivity index (χ3n) is 2.49. The van der Waals surface area contributed by atoms with Gasteiger partial charge >= 0.3 is 5.69 Å². The second kappa shape index (κ2) is 5.78. The minimum absolute atomic E-state index is 0.0103. The van der Waals surface area contributed by atoms with Crippen LogP contribution in [0.5, 0.6) is 0 Å². The topological polar surface area (TPSA) is 134 Å². The molecular formula is C11H11N5O4. The fourth-order valence-electron chi connectivity index (χ4n) is 1.60. The molecular weight excluding hydrogens is 266 g/mol. The monoisotopic (exact) mass is 277 g/mol. The number of rotatable bonds is 5. The molecule has 3 N–H and O–H groups in total. The van der Waals surface area contributed by atoms with Crippen molar-refractivity contribution in [2.75, 3.05) is 0 Å². The second-order valence-electron chi connectivity index (χ2n) is 4.00. The van der Waals surface area contributed by atoms with Crippen LogP contribution in [-0.4, -0.2) is 26.0 Å². The summed E-state index contributed by atoms with van der Waals surface area (Å²) in [6, 6.07) is 5.85. The number of non-ortho nitro benzene ring substituents is 1. The van der Waals surface area contributed by atoms with Gasteiger partial charge in [0.2, 0.25) is 5.91 Å². The summed E-state index contributed by atoms with van der Waals surface area (Å²) in [5, 5.41) is 19.0. The van der Waals surface area contributed by atoms with Crippen LogP contribution in [0.15, 0.2) is 29.1 Å². The first-order valence-electron chi connectivity index (χ1n) is 5.68. The first-order valence-corrected chi connectivity index (χ1v) is 5.68. The lowest BCUT2D eigenvalue weighted by Crippen LogP contribution is -2.25. The maximum Gasteiger partial charge on any atom is 0.340 e. The maximum absolute atomic E-state index is 11.7. The van der Waals surface area contributed by atoms with Gasteiger partial charge in [-0.15, -0.1) is 0 Å². The molecule has 0 aliphatic rings. The lowest BCUT2D eigenvalue weighted by Gasteiger charge is -2.03. The van der Waals surface area contributed by atoms with Crippen molar-refractivity contribution in [3.8, 4) is 0 Å². The van der Waals surface area contributed by atoms with Crippen molar-refractivity contribution in [3.05, 3.63) is 56.3 Å². The van der Waals surface area contributed by atoms with Gasteiger partial charge in [-0.05, 0) is 5.56 Å². The van der Waals surface area contributed by atoms with Crippen molar-refractivity contribution in [2.45, 2.75) is 13.0 Å². The van der Waals surface area contributed by atoms with Crippen LogP contribution in [0.2, 0.25) is 0 Å². The Morgan fingerprint density at radius 3 is 2.90 bits per heavy atom. The number of carbonyl (C=O) groups excluding carboxylic acids is 1. The van der Waals surface area contributed by atoms with Crippen LogP contribution in [0.1, 0.15) is 11.4 Å². The largest absolute Gasteiger partial charge is 0.349 e. The minimum Gasteiger partial charge on any atom is -0.349 e. The third kappa shape index (κ3) is 3.51. The number of hydrogen-bond donors (Lipinski definition) is 3. The van der Waals surface area contributed by atoms with E-state index in [4.69, 9.17) is 0 Å². The quantitative estimate of drug-likeness (QED) is 0.516. The summed E-state index contributed by atoms with van der Waals surface area (Å²) in [4.78, 5) is 34.9. The Morgan fingerprint density at radius 1 is 1.45 bits per heavy atom. The Bertz CT molecular complexity index is 690. The number of nitro groups is 1. The highest BCUT2D eigenvalue weighted by Gasteiger charge is 2.09. The first kappa shape index (κ1) is 13.5. The van der Waals surface area contributed by atoms with E-state index in [1.807, 2.05) is 0 Å². The van der Waals surface area contributed by atoms with Crippen molar-refractivity contribution in [1.29, 1.82) is 0 Å². The van der Waals surface area contributed by atoms with Gasteiger partial charge in [0.1, 0.15) is 5.82 Å². The Hall–Kier alpha value is -2.97. The first-order chi connectivity index (χ1) is 9.54. The predicted octanol–water partition coefficient (Wildman–Crippen LogP) is -0.135. The number of amides is 1. The highest BCUT2D eigenvalue weighted by Crippen LogP contribution is 2.13. The van der Waals surface area contributed by atoms with Gasteiger partial charge in [0.05, 0.1) is 17.9 Å². The van der Waals surface area contributed by atoms with Crippen LogP contribution in [0.3, 0.4) is 0 Å². The summed E-state index contributed by atoms with van der Waals surface area (Å²) in [5.74, 6) is -0.0169. The average Bonchev–Trinajstić information content (AvgIpc) is 2.82. The van der Waals surface area contributed by atoms with E-state index in [-0.39, 0.29) is 24.6 Å². The van der Waals surface area contributed by atoms with Crippen LogP contribution in [-0.2, 0) is 17.8 Å². The molecule has 0 unspecified atom stereocenters. The van der Waals surface area contributed by atoms with Crippen LogP contribution < -0.4 is 11.0 Å². The zero-order chi connectivity index (χ0) is 14.5. The van der Waals surface area contributed by atoms with Gasteiger partial charge in [-0.25, -0.2) is 9.89 Å². The molecule has 2 aromatic rings. The number of H-pyrrole nitrogens is 2. The number of benzene rings is 1. The molecule has 0 aliphatic heterocycles. The lowest BCUT2D eigenvalue weighted by molar-refractivity contribution is -0.384. The summed E-state index contributed by atoms with van der Waals surface area (Å²) < 4.78 is 0. The average molecular weight is 277 g/mol. The summed E-state index contributed by atoms with van der Waals surface area (Å²) in [6.07, 6.45) is 0.0103. The fourth-order valence-corrected chi connectivity index (χ4v) is 1.60. The van der Waals surface area contributed by atoms with E-state index in [1.165, 1.54) is 18.2 Å². The number of aromatic nitrogens is 3. The molecule has 0 saturated heterocycles. The summed E-state index contributed by atoms with van der Waals surface area (Å²) >= 11 is 0. The van der Waals surface area contributed by atoms with E-state index >= 15 is 0 Å². The number of nitrogens with one attached hydrogen (secondary N) is 3. The second-order valence-corrected chi connectivity index (χ2v) is 4.00. The molecule has 0 aliphatic carbocycles. The number of aromatic amines is 2. The molecule has 0 saturated carbocycles. The minimum atomic E-state index is -0.518. The molecule has 0 spiro atoms. The van der Waals surface area contributed by atoms with Gasteiger partial charge in [-0.3, -0.25) is 19.9 Å². The van der Waals surface area contributed by atoms with Crippen molar-refractivity contribution in [2.24, 2.45) is 0 Å². The molecule has 2 rings (SSSR count). The van der Waals surface area contributed by atoms with Gasteiger partial charge in [-0.1, -0.05) is 12.1 Å². The smallest absolute Gasteiger partial charge is 0.340 e. The molecule has 9 heteroatoms. The third-order valence-corrected chi connectivity index (χ3v) is 2.49. The van der Waals surface area contributed by atoms with E-state index in [1.54, 1.807) is 6.07 Å². The lowest BCUT2D eigenvalue weighted by atomic mass is 10.1. The number of nitro benzene ring substituents is 1. The molecule has 1 heterocycles. The van der Waals surface area contributed by atoms with Crippen molar-refractivity contribution in [3.63, 3.8) is 0 Å². The Kier molecular flexibility index (Phi) is 3.89. The molecule has 0 bridgehead atoms. The SMILES string of the molecule is O=C(Cc1cccc([N+](=O)[O-])c1)NCc1n[nH]c(=O)[nH]1. The van der Waals surface area contributed by atoms with Gasteiger partial charge in [0.15, 0.2) is 0 Å². The molecule has 104 valence electrons. The van der Waals surface area contributed by atoms with E-state index in [0.717, 1.165) is 0 Å². The zero-order valence-corrected chi connectivity index (χ0v) is 10.3. The highest BCUT2D eigenvalue weighted by atomic mass is 16.6. The molecule has 0 fully saturated rings. The Morgan fingerprint density at radius 2 is 2.25 bits per heavy atom. The standard InChI is InChI=1S/C11H11N5O4/c17-10(12-6-9-13-11(18)15-14-9)5-7-2-1-3-8(4-7)16(19)20/h1-4H,5-6H2,(H,12,17)(H2,13,14,15,18). The van der Waals surface area contributed by atoms with Crippen molar-refractivity contribution < 1.29 is 9.72 Å². The van der Waals surface area contributed by atoms with Crippen LogP contribution in [0.4, 0.5) is 5.69 Å². The molecule has 1 amide bonds. The molecule has 1 aromatic heterocycles. The summed E-state index contributed by atoms with van der Waals surface area (Å²) in [5.41, 5.74) is 0.0204. The maximum atomic E-state index is 11.7. The number of hydrogen-bond acceptors (Lipinski definition) is 5. The fraction of sp³-hybridized carbons (Fsp3) is 0.182. The molecule has 9 nitrogen and oxygen atoms in total. The van der Waals surface area contributed by atoms with Gasteiger partial charge in [0.25, 0.3) is 5.69 Å². The number of nitrogens with zero attached hydrogens (tertiary/aromatic N) is 2. The molecule has 0 atom stereocenters. The Labute approximate surface area is 112 Å². The van der Waals surface area contributed by atoms with Gasteiger partial charge < -0.3 is 5.32 Å². The van der Waals surface area contributed by atoms with Crippen LogP contribution in [0.25, 0.3) is 0 Å². The normalized spacial score (nSPS) is 10.2. The molecule has 20 heavy (non-hydrogen) atoms. The van der Waals surface area contributed by atoms with E-state index in [2.05, 4.69) is 20.5 Å². The highest BCUT2D eigenvalue weighted by molar-refractivity contribution is 5.78.